The maximum Gasteiger partial charge on any atom is 0.267 e. The fraction of sp³-hybridized carbons (Fsp3) is 0.160. The lowest BCUT2D eigenvalue weighted by Crippen LogP contribution is -2.38. The molecular weight excluding hydrogens is 378 g/mol. The number of anilines is 1. The van der Waals surface area contributed by atoms with Crippen molar-refractivity contribution in [2.75, 3.05) is 11.4 Å². The van der Waals surface area contributed by atoms with E-state index >= 15 is 0 Å². The average molecular weight is 397 g/mol. The molecule has 0 bridgehead atoms. The van der Waals surface area contributed by atoms with Crippen molar-refractivity contribution < 1.29 is 19.1 Å². The number of hydrogen-bond donors (Lipinski definition) is 0. The van der Waals surface area contributed by atoms with Crippen LogP contribution in [0.25, 0.3) is 0 Å². The Labute approximate surface area is 173 Å². The van der Waals surface area contributed by atoms with Crippen LogP contribution in [-0.2, 0) is 15.1 Å². The van der Waals surface area contributed by atoms with Gasteiger partial charge in [-0.3, -0.25) is 14.4 Å². The van der Waals surface area contributed by atoms with Crippen LogP contribution in [0.3, 0.4) is 0 Å². The molecule has 5 nitrogen and oxygen atoms in total. The second-order valence-electron chi connectivity index (χ2n) is 7.66. The largest absolute Gasteiger partial charge is 0.342 e. The minimum atomic E-state index is -1.34. The maximum atomic E-state index is 13.5. The summed E-state index contributed by atoms with van der Waals surface area (Å²) >= 11 is 0. The van der Waals surface area contributed by atoms with Crippen LogP contribution >= 0.6 is 0 Å². The summed E-state index contributed by atoms with van der Waals surface area (Å²) in [5, 5.41) is 0. The summed E-state index contributed by atoms with van der Waals surface area (Å²) in [4.78, 5) is 40.7. The second kappa shape index (κ2) is 6.75. The fourth-order valence-electron chi connectivity index (χ4n) is 4.13. The number of nitrogens with zero attached hydrogens (tertiary/aromatic N) is 1. The smallest absolute Gasteiger partial charge is 0.267 e. The molecule has 0 radical (unpaired) electrons. The molecule has 0 aliphatic carbocycles. The van der Waals surface area contributed by atoms with Gasteiger partial charge in [0, 0.05) is 16.7 Å². The van der Waals surface area contributed by atoms with E-state index in [0.29, 0.717) is 22.4 Å². The van der Waals surface area contributed by atoms with E-state index in [9.17, 15) is 14.4 Å². The number of carbonyl (C=O) groups is 3. The molecule has 2 atom stereocenters. The average Bonchev–Trinajstić information content (AvgIpc) is 3.50. The summed E-state index contributed by atoms with van der Waals surface area (Å²) in [7, 11) is 0. The van der Waals surface area contributed by atoms with Crippen LogP contribution in [-0.4, -0.2) is 30.1 Å². The first kappa shape index (κ1) is 18.5. The number of ketones is 2. The molecular formula is C25H19NO4. The molecule has 1 fully saturated rings. The molecule has 2 heterocycles. The van der Waals surface area contributed by atoms with Crippen molar-refractivity contribution in [2.45, 2.75) is 18.6 Å². The SMILES string of the molecule is Cc1ccc2c(c1)C1(OC1C(=O)c1ccccc1)C(=O)N2CC(=O)c1ccccc1. The Balaban J connectivity index is 1.50. The first-order valence-electron chi connectivity index (χ1n) is 9.81. The van der Waals surface area contributed by atoms with E-state index in [2.05, 4.69) is 0 Å². The quantitative estimate of drug-likeness (QED) is 0.486. The van der Waals surface area contributed by atoms with Crippen LogP contribution < -0.4 is 4.90 Å². The van der Waals surface area contributed by atoms with E-state index in [-0.39, 0.29) is 24.0 Å². The molecule has 3 aromatic rings. The third-order valence-corrected chi connectivity index (χ3v) is 5.72. The first-order valence-corrected chi connectivity index (χ1v) is 9.81. The van der Waals surface area contributed by atoms with Gasteiger partial charge in [0.1, 0.15) is 0 Å². The standard InChI is InChI=1S/C25H19NO4/c1-16-12-13-20-19(14-16)25(23(30-25)22(28)18-10-6-3-7-11-18)24(29)26(20)15-21(27)17-8-4-2-5-9-17/h2-14,23H,15H2,1H3. The van der Waals surface area contributed by atoms with Crippen molar-refractivity contribution in [1.82, 2.24) is 0 Å². The van der Waals surface area contributed by atoms with Gasteiger partial charge in [0.15, 0.2) is 17.7 Å². The van der Waals surface area contributed by atoms with Gasteiger partial charge in [-0.05, 0) is 13.0 Å². The van der Waals surface area contributed by atoms with Gasteiger partial charge < -0.3 is 9.64 Å². The topological polar surface area (TPSA) is 67.0 Å². The van der Waals surface area contributed by atoms with Crippen molar-refractivity contribution in [3.8, 4) is 0 Å². The van der Waals surface area contributed by atoms with Crippen molar-refractivity contribution in [3.63, 3.8) is 0 Å². The highest BCUT2D eigenvalue weighted by molar-refractivity contribution is 6.18. The van der Waals surface area contributed by atoms with Crippen molar-refractivity contribution >= 4 is 23.2 Å². The molecule has 3 aromatic carbocycles. The molecule has 2 aliphatic rings. The van der Waals surface area contributed by atoms with E-state index in [4.69, 9.17) is 4.74 Å². The number of epoxide rings is 1. The zero-order valence-electron chi connectivity index (χ0n) is 16.4. The highest BCUT2D eigenvalue weighted by atomic mass is 16.6. The minimum Gasteiger partial charge on any atom is -0.342 e. The lowest BCUT2D eigenvalue weighted by molar-refractivity contribution is -0.122. The van der Waals surface area contributed by atoms with Gasteiger partial charge >= 0.3 is 0 Å². The molecule has 148 valence electrons. The Morgan fingerprint density at radius 2 is 1.57 bits per heavy atom. The highest BCUT2D eigenvalue weighted by Crippen LogP contribution is 2.56. The van der Waals surface area contributed by atoms with E-state index in [1.165, 1.54) is 4.90 Å². The predicted octanol–water partition coefficient (Wildman–Crippen LogP) is 3.70. The Hall–Kier alpha value is -3.57. The van der Waals surface area contributed by atoms with Crippen molar-refractivity contribution in [2.24, 2.45) is 0 Å². The maximum absolute atomic E-state index is 13.5. The van der Waals surface area contributed by atoms with Gasteiger partial charge in [0.2, 0.25) is 5.60 Å². The number of hydrogen-bond acceptors (Lipinski definition) is 4. The lowest BCUT2D eigenvalue weighted by Gasteiger charge is -2.16. The van der Waals surface area contributed by atoms with Crippen molar-refractivity contribution in [1.29, 1.82) is 0 Å². The summed E-state index contributed by atoms with van der Waals surface area (Å²) in [6.07, 6.45) is -0.884. The Kier molecular flexibility index (Phi) is 4.15. The molecule has 0 N–H and O–H groups in total. The molecule has 5 rings (SSSR count). The number of Topliss-reactive ketones (excluding diaryl/α,β-unsaturated/α-hetero) is 2. The fourth-order valence-corrected chi connectivity index (χ4v) is 4.13. The monoisotopic (exact) mass is 397 g/mol. The molecule has 1 saturated heterocycles. The van der Waals surface area contributed by atoms with E-state index in [1.807, 2.05) is 37.3 Å². The Bertz CT molecular complexity index is 1170. The summed E-state index contributed by atoms with van der Waals surface area (Å²) in [6.45, 7) is 1.82. The zero-order chi connectivity index (χ0) is 20.9. The summed E-state index contributed by atoms with van der Waals surface area (Å²) < 4.78 is 5.84. The van der Waals surface area contributed by atoms with E-state index < -0.39 is 11.7 Å². The first-order chi connectivity index (χ1) is 14.5. The summed E-state index contributed by atoms with van der Waals surface area (Å²) in [5.74, 6) is -0.756. The molecule has 1 spiro atoms. The van der Waals surface area contributed by atoms with Gasteiger partial charge in [-0.1, -0.05) is 78.4 Å². The Morgan fingerprint density at radius 3 is 2.23 bits per heavy atom. The van der Waals surface area contributed by atoms with Crippen LogP contribution in [0.15, 0.2) is 78.9 Å². The normalized spacial score (nSPS) is 21.6. The lowest BCUT2D eigenvalue weighted by atomic mass is 9.91. The van der Waals surface area contributed by atoms with E-state index in [1.54, 1.807) is 48.5 Å². The van der Waals surface area contributed by atoms with Crippen LogP contribution in [0.1, 0.15) is 31.8 Å². The van der Waals surface area contributed by atoms with Gasteiger partial charge in [0.05, 0.1) is 12.2 Å². The number of aryl methyl sites for hydroxylation is 1. The predicted molar refractivity (Wildman–Crippen MR) is 112 cm³/mol. The number of amides is 1. The molecule has 1 amide bonds. The van der Waals surface area contributed by atoms with Crippen LogP contribution in [0, 0.1) is 6.92 Å². The van der Waals surface area contributed by atoms with Crippen molar-refractivity contribution in [3.05, 3.63) is 101 Å². The van der Waals surface area contributed by atoms with E-state index in [0.717, 1.165) is 5.56 Å². The zero-order valence-corrected chi connectivity index (χ0v) is 16.4. The summed E-state index contributed by atoms with van der Waals surface area (Å²) in [6, 6.07) is 23.3. The van der Waals surface area contributed by atoms with Gasteiger partial charge in [-0.2, -0.15) is 0 Å². The van der Waals surface area contributed by atoms with Crippen LogP contribution in [0.5, 0.6) is 0 Å². The number of benzene rings is 3. The molecule has 0 aromatic heterocycles. The molecule has 2 aliphatic heterocycles. The molecule has 30 heavy (non-hydrogen) atoms. The molecule has 5 heteroatoms. The Morgan fingerprint density at radius 1 is 0.933 bits per heavy atom. The number of carbonyl (C=O) groups excluding carboxylic acids is 3. The molecule has 2 unspecified atom stereocenters. The third kappa shape index (κ3) is 2.70. The van der Waals surface area contributed by atoms with Gasteiger partial charge in [-0.15, -0.1) is 0 Å². The summed E-state index contributed by atoms with van der Waals surface area (Å²) in [5.41, 5.74) is 1.93. The number of ether oxygens (including phenoxy) is 1. The number of fused-ring (bicyclic) bond motifs is 2. The van der Waals surface area contributed by atoms with Gasteiger partial charge in [0.25, 0.3) is 5.91 Å². The van der Waals surface area contributed by atoms with Crippen LogP contribution in [0.2, 0.25) is 0 Å². The van der Waals surface area contributed by atoms with Gasteiger partial charge in [-0.25, -0.2) is 0 Å². The highest BCUT2D eigenvalue weighted by Gasteiger charge is 2.72. The minimum absolute atomic E-state index is 0.101. The third-order valence-electron chi connectivity index (χ3n) is 5.72. The van der Waals surface area contributed by atoms with Crippen LogP contribution in [0.4, 0.5) is 5.69 Å². The number of rotatable bonds is 5. The molecule has 0 saturated carbocycles. The second-order valence-corrected chi connectivity index (χ2v) is 7.66.